The number of aromatic nitrogens is 1. The van der Waals surface area contributed by atoms with Crippen LogP contribution in [0.25, 0.3) is 0 Å². The van der Waals surface area contributed by atoms with Crippen molar-refractivity contribution >= 4 is 34.6 Å². The van der Waals surface area contributed by atoms with Crippen LogP contribution >= 0.6 is 11.3 Å². The summed E-state index contributed by atoms with van der Waals surface area (Å²) < 4.78 is 26.9. The third-order valence-electron chi connectivity index (χ3n) is 4.75. The molecule has 1 N–H and O–H groups in total. The van der Waals surface area contributed by atoms with Crippen LogP contribution in [0, 0.1) is 10.9 Å². The van der Waals surface area contributed by atoms with E-state index in [1.54, 1.807) is 11.0 Å². The fraction of sp³-hybridized carbons (Fsp3) is 0.312. The van der Waals surface area contributed by atoms with Gasteiger partial charge in [0, 0.05) is 30.7 Å². The van der Waals surface area contributed by atoms with E-state index in [-0.39, 0.29) is 10.9 Å². The zero-order valence-electron chi connectivity index (χ0n) is 13.0. The number of nitrogens with one attached hydrogen (secondary N) is 1. The van der Waals surface area contributed by atoms with Gasteiger partial charge in [-0.25, -0.2) is 14.2 Å². The zero-order valence-corrected chi connectivity index (χ0v) is 13.9. The number of halogens is 2. The molecule has 4 rings (SSSR count). The largest absolute Gasteiger partial charge is 0.344 e. The van der Waals surface area contributed by atoms with Crippen molar-refractivity contribution in [3.8, 4) is 0 Å². The summed E-state index contributed by atoms with van der Waals surface area (Å²) in [6, 6.07) is 3.84. The number of benzene rings is 1. The molecular formula is C16H14F2N4O2S. The number of anilines is 2. The molecule has 1 aromatic heterocycles. The summed E-state index contributed by atoms with van der Waals surface area (Å²) in [5.41, 5.74) is 0.838. The van der Waals surface area contributed by atoms with E-state index >= 15 is 0 Å². The highest BCUT2D eigenvalue weighted by atomic mass is 32.1. The summed E-state index contributed by atoms with van der Waals surface area (Å²) in [5, 5.41) is 2.24. The van der Waals surface area contributed by atoms with Crippen LogP contribution in [-0.4, -0.2) is 42.0 Å². The van der Waals surface area contributed by atoms with Gasteiger partial charge in [0.25, 0.3) is 0 Å². The van der Waals surface area contributed by atoms with Crippen LogP contribution in [0.1, 0.15) is 12.0 Å². The molecule has 0 saturated carbocycles. The third-order valence-corrected chi connectivity index (χ3v) is 5.45. The summed E-state index contributed by atoms with van der Waals surface area (Å²) >= 11 is 0.735. The standard InChI is InChI=1S/C16H14F2N4O2S/c17-10-1-2-12-11(5-10)16(3-4-21(7-16)9-23)8-22(12)15(24)20-14-19-6-13(18)25-14/h1-2,5-6,9H,3-4,7-8H2,(H,19,20,24). The minimum atomic E-state index is -0.493. The predicted octanol–water partition coefficient (Wildman–Crippen LogP) is 2.57. The predicted molar refractivity (Wildman–Crippen MR) is 88.8 cm³/mol. The Morgan fingerprint density at radius 1 is 1.36 bits per heavy atom. The second kappa shape index (κ2) is 5.76. The van der Waals surface area contributed by atoms with Gasteiger partial charge >= 0.3 is 6.03 Å². The fourth-order valence-corrected chi connectivity index (χ4v) is 4.17. The van der Waals surface area contributed by atoms with Gasteiger partial charge in [0.15, 0.2) is 10.3 Å². The van der Waals surface area contributed by atoms with Crippen molar-refractivity contribution in [3.05, 3.63) is 40.9 Å². The van der Waals surface area contributed by atoms with Crippen molar-refractivity contribution in [3.63, 3.8) is 0 Å². The van der Waals surface area contributed by atoms with E-state index in [2.05, 4.69) is 10.3 Å². The Kier molecular flexibility index (Phi) is 3.68. The van der Waals surface area contributed by atoms with Crippen LogP contribution in [0.4, 0.5) is 24.4 Å². The van der Waals surface area contributed by atoms with Crippen molar-refractivity contribution in [1.82, 2.24) is 9.88 Å². The number of nitrogens with zero attached hydrogens (tertiary/aromatic N) is 3. The second-order valence-corrected chi connectivity index (χ2v) is 7.23. The molecule has 0 aliphatic carbocycles. The van der Waals surface area contributed by atoms with Crippen LogP contribution in [0.15, 0.2) is 24.4 Å². The summed E-state index contributed by atoms with van der Waals surface area (Å²) in [7, 11) is 0. The van der Waals surface area contributed by atoms with Gasteiger partial charge in [0.05, 0.1) is 6.20 Å². The van der Waals surface area contributed by atoms with Gasteiger partial charge in [-0.15, -0.1) is 0 Å². The van der Waals surface area contributed by atoms with Crippen molar-refractivity contribution < 1.29 is 18.4 Å². The zero-order chi connectivity index (χ0) is 17.6. The van der Waals surface area contributed by atoms with E-state index in [1.807, 2.05) is 0 Å². The summed E-state index contributed by atoms with van der Waals surface area (Å²) in [5.74, 6) is -0.382. The van der Waals surface area contributed by atoms with Crippen molar-refractivity contribution in [1.29, 1.82) is 0 Å². The fourth-order valence-electron chi connectivity index (χ4n) is 3.64. The van der Waals surface area contributed by atoms with Crippen LogP contribution in [0.2, 0.25) is 0 Å². The number of hydrogen-bond donors (Lipinski definition) is 1. The van der Waals surface area contributed by atoms with Crippen molar-refractivity contribution in [2.24, 2.45) is 0 Å². The Balaban J connectivity index is 1.66. The Morgan fingerprint density at radius 2 is 2.20 bits per heavy atom. The number of carbonyl (C=O) groups excluding carboxylic acids is 2. The maximum atomic E-state index is 13.8. The molecule has 0 radical (unpaired) electrons. The number of urea groups is 1. The van der Waals surface area contributed by atoms with Gasteiger partial charge in [-0.3, -0.25) is 15.0 Å². The van der Waals surface area contributed by atoms with E-state index in [0.717, 1.165) is 29.5 Å². The van der Waals surface area contributed by atoms with Crippen molar-refractivity contribution in [2.75, 3.05) is 29.9 Å². The number of thiazole rings is 1. The lowest BCUT2D eigenvalue weighted by Gasteiger charge is -2.24. The molecular weight excluding hydrogens is 350 g/mol. The first-order valence-corrected chi connectivity index (χ1v) is 8.52. The molecule has 0 bridgehead atoms. The van der Waals surface area contributed by atoms with Gasteiger partial charge < -0.3 is 4.90 Å². The quantitative estimate of drug-likeness (QED) is 0.833. The molecule has 3 amide bonds. The molecule has 3 heterocycles. The third kappa shape index (κ3) is 2.64. The number of amides is 3. The number of fused-ring (bicyclic) bond motifs is 2. The lowest BCUT2D eigenvalue weighted by atomic mass is 9.81. The molecule has 1 fully saturated rings. The highest BCUT2D eigenvalue weighted by molar-refractivity contribution is 7.14. The first-order chi connectivity index (χ1) is 12.0. The molecule has 2 aromatic rings. The molecule has 1 aromatic carbocycles. The van der Waals surface area contributed by atoms with E-state index in [1.165, 1.54) is 17.0 Å². The van der Waals surface area contributed by atoms with E-state index in [9.17, 15) is 18.4 Å². The van der Waals surface area contributed by atoms with Crippen molar-refractivity contribution in [2.45, 2.75) is 11.8 Å². The molecule has 1 spiro atoms. The summed E-state index contributed by atoms with van der Waals surface area (Å²) in [6.07, 6.45) is 2.46. The Labute approximate surface area is 146 Å². The van der Waals surface area contributed by atoms with Gasteiger partial charge in [0.1, 0.15) is 5.82 Å². The van der Waals surface area contributed by atoms with Gasteiger partial charge in [-0.2, -0.15) is 4.39 Å². The van der Waals surface area contributed by atoms with Gasteiger partial charge in [-0.1, -0.05) is 11.3 Å². The number of rotatable bonds is 2. The minimum absolute atomic E-state index is 0.160. The Bertz CT molecular complexity index is 858. The molecule has 130 valence electrons. The summed E-state index contributed by atoms with van der Waals surface area (Å²) in [6.45, 7) is 1.32. The molecule has 25 heavy (non-hydrogen) atoms. The molecule has 2 aliphatic rings. The minimum Gasteiger partial charge on any atom is -0.344 e. The van der Waals surface area contributed by atoms with E-state index in [4.69, 9.17) is 0 Å². The molecule has 1 atom stereocenters. The average molecular weight is 364 g/mol. The first-order valence-electron chi connectivity index (χ1n) is 7.70. The Hall–Kier alpha value is -2.55. The monoisotopic (exact) mass is 364 g/mol. The van der Waals surface area contributed by atoms with E-state index in [0.29, 0.717) is 31.7 Å². The maximum absolute atomic E-state index is 13.8. The normalized spacial score (nSPS) is 21.7. The van der Waals surface area contributed by atoms with Crippen LogP contribution < -0.4 is 10.2 Å². The highest BCUT2D eigenvalue weighted by Gasteiger charge is 2.49. The van der Waals surface area contributed by atoms with Gasteiger partial charge in [-0.05, 0) is 30.2 Å². The average Bonchev–Trinajstić information content (AvgIpc) is 3.27. The smallest absolute Gasteiger partial charge is 0.328 e. The Morgan fingerprint density at radius 3 is 2.88 bits per heavy atom. The van der Waals surface area contributed by atoms with Crippen LogP contribution in [-0.2, 0) is 10.2 Å². The second-order valence-electron chi connectivity index (χ2n) is 6.25. The lowest BCUT2D eigenvalue weighted by molar-refractivity contribution is -0.117. The van der Waals surface area contributed by atoms with Crippen LogP contribution in [0.3, 0.4) is 0 Å². The molecule has 2 aliphatic heterocycles. The lowest BCUT2D eigenvalue weighted by Crippen LogP contribution is -2.40. The van der Waals surface area contributed by atoms with Gasteiger partial charge in [0.2, 0.25) is 6.41 Å². The molecule has 1 saturated heterocycles. The first kappa shape index (κ1) is 15.9. The number of likely N-dealkylation sites (tertiary alicyclic amines) is 1. The molecule has 6 nitrogen and oxygen atoms in total. The maximum Gasteiger partial charge on any atom is 0.328 e. The van der Waals surface area contributed by atoms with Crippen LogP contribution in [0.5, 0.6) is 0 Å². The summed E-state index contributed by atoms with van der Waals surface area (Å²) in [4.78, 5) is 30.7. The molecule has 1 unspecified atom stereocenters. The molecule has 9 heteroatoms. The number of carbonyl (C=O) groups is 2. The number of hydrogen-bond acceptors (Lipinski definition) is 4. The topological polar surface area (TPSA) is 65.5 Å². The SMILES string of the molecule is O=CN1CCC2(C1)CN(C(=O)Nc1ncc(F)s1)c1ccc(F)cc12. The van der Waals surface area contributed by atoms with E-state index < -0.39 is 16.6 Å². The highest BCUT2D eigenvalue weighted by Crippen LogP contribution is 2.46.